The van der Waals surface area contributed by atoms with Crippen molar-refractivity contribution >= 4 is 34.9 Å². The van der Waals surface area contributed by atoms with Crippen LogP contribution in [0.15, 0.2) is 12.2 Å². The molecule has 0 bridgehead atoms. The first-order chi connectivity index (χ1) is 4.79. The molecule has 0 N–H and O–H groups in total. The van der Waals surface area contributed by atoms with Gasteiger partial charge in [0.05, 0.1) is 0 Å². The fourth-order valence-electron chi connectivity index (χ4n) is 1.12. The molecule has 1 aliphatic rings. The quantitative estimate of drug-likeness (QED) is 0.359. The Labute approximate surface area is 72.5 Å². The van der Waals surface area contributed by atoms with E-state index in [0.29, 0.717) is 0 Å². The Morgan fingerprint density at radius 3 is 2.50 bits per heavy atom. The summed E-state index contributed by atoms with van der Waals surface area (Å²) in [6.07, 6.45) is 7.97. The van der Waals surface area contributed by atoms with Crippen molar-refractivity contribution < 1.29 is 0 Å². The summed E-state index contributed by atoms with van der Waals surface area (Å²) in [4.78, 5) is 0. The Morgan fingerprint density at radius 1 is 1.40 bits per heavy atom. The SMILES string of the molecule is Cl[Si](Cl)=CCC1CC=CC1. The molecular formula is C7H10Cl2Si. The van der Waals surface area contributed by atoms with Gasteiger partial charge >= 0.3 is 0 Å². The highest BCUT2D eigenvalue weighted by atomic mass is 35.7. The van der Waals surface area contributed by atoms with E-state index < -0.39 is 7.03 Å². The first kappa shape index (κ1) is 8.50. The van der Waals surface area contributed by atoms with E-state index in [9.17, 15) is 0 Å². The van der Waals surface area contributed by atoms with Crippen LogP contribution in [0.3, 0.4) is 0 Å². The van der Waals surface area contributed by atoms with E-state index in [4.69, 9.17) is 22.2 Å². The minimum Gasteiger partial charge on any atom is -0.118 e. The van der Waals surface area contributed by atoms with Gasteiger partial charge < -0.3 is 0 Å². The zero-order chi connectivity index (χ0) is 7.40. The second-order valence-electron chi connectivity index (χ2n) is 2.54. The summed E-state index contributed by atoms with van der Waals surface area (Å²) in [5, 5.41) is 0. The van der Waals surface area contributed by atoms with Gasteiger partial charge in [0.25, 0.3) is 0 Å². The highest BCUT2D eigenvalue weighted by Gasteiger charge is 2.07. The zero-order valence-electron chi connectivity index (χ0n) is 5.69. The van der Waals surface area contributed by atoms with Gasteiger partial charge in [0.15, 0.2) is 0 Å². The van der Waals surface area contributed by atoms with Gasteiger partial charge in [-0.2, -0.15) is 0 Å². The van der Waals surface area contributed by atoms with Crippen LogP contribution in [0.1, 0.15) is 19.3 Å². The zero-order valence-corrected chi connectivity index (χ0v) is 8.20. The number of allylic oxidation sites excluding steroid dienone is 2. The number of halogens is 2. The van der Waals surface area contributed by atoms with Crippen LogP contribution in [0.2, 0.25) is 0 Å². The highest BCUT2D eigenvalue weighted by Crippen LogP contribution is 2.19. The third kappa shape index (κ3) is 3.00. The van der Waals surface area contributed by atoms with Gasteiger partial charge in [-0.15, -0.1) is 22.2 Å². The van der Waals surface area contributed by atoms with Crippen molar-refractivity contribution in [3.05, 3.63) is 12.2 Å². The van der Waals surface area contributed by atoms with Crippen LogP contribution in [0, 0.1) is 5.92 Å². The molecule has 1 rings (SSSR count). The number of hydrogen-bond acceptors (Lipinski definition) is 0. The molecule has 0 atom stereocenters. The first-order valence-electron chi connectivity index (χ1n) is 3.45. The second kappa shape index (κ2) is 4.32. The molecule has 0 heterocycles. The van der Waals surface area contributed by atoms with Crippen LogP contribution in [-0.2, 0) is 0 Å². The maximum absolute atomic E-state index is 5.65. The van der Waals surface area contributed by atoms with E-state index in [2.05, 4.69) is 17.8 Å². The molecule has 56 valence electrons. The summed E-state index contributed by atoms with van der Waals surface area (Å²) >= 11 is 11.3. The molecule has 10 heavy (non-hydrogen) atoms. The minimum absolute atomic E-state index is 0.789. The smallest absolute Gasteiger partial charge is 0.118 e. The molecule has 0 aromatic heterocycles. The van der Waals surface area contributed by atoms with Crippen molar-refractivity contribution in [3.63, 3.8) is 0 Å². The molecule has 0 saturated heterocycles. The van der Waals surface area contributed by atoms with Crippen LogP contribution < -0.4 is 0 Å². The lowest BCUT2D eigenvalue weighted by molar-refractivity contribution is 0.603. The van der Waals surface area contributed by atoms with Crippen molar-refractivity contribution in [1.29, 1.82) is 0 Å². The number of hydrogen-bond donors (Lipinski definition) is 0. The largest absolute Gasteiger partial charge is 0.228 e. The van der Waals surface area contributed by atoms with Gasteiger partial charge in [0.1, 0.15) is 0 Å². The van der Waals surface area contributed by atoms with Gasteiger partial charge in [0.2, 0.25) is 7.03 Å². The van der Waals surface area contributed by atoms with Gasteiger partial charge in [-0.1, -0.05) is 17.8 Å². The fourth-order valence-corrected chi connectivity index (χ4v) is 2.17. The normalized spacial score (nSPS) is 17.8. The van der Waals surface area contributed by atoms with Gasteiger partial charge in [-0.25, -0.2) is 0 Å². The summed E-state index contributed by atoms with van der Waals surface area (Å²) in [6.45, 7) is 0. The fraction of sp³-hybridized carbons (Fsp3) is 0.571. The van der Waals surface area contributed by atoms with Gasteiger partial charge in [0, 0.05) is 0 Å². The van der Waals surface area contributed by atoms with Crippen molar-refractivity contribution in [2.45, 2.75) is 19.3 Å². The van der Waals surface area contributed by atoms with E-state index in [1.54, 1.807) is 0 Å². The maximum atomic E-state index is 5.65. The van der Waals surface area contributed by atoms with Crippen molar-refractivity contribution in [1.82, 2.24) is 0 Å². The molecule has 0 amide bonds. The Hall–Kier alpha value is 0.407. The Bertz CT molecular complexity index is 151. The molecule has 1 aliphatic carbocycles. The summed E-state index contributed by atoms with van der Waals surface area (Å²) < 4.78 is 0. The maximum Gasteiger partial charge on any atom is 0.228 e. The summed E-state index contributed by atoms with van der Waals surface area (Å²) in [6, 6.07) is 0. The van der Waals surface area contributed by atoms with Crippen molar-refractivity contribution in [3.8, 4) is 0 Å². The molecule has 0 unspecified atom stereocenters. The lowest BCUT2D eigenvalue weighted by atomic mass is 10.1. The molecule has 3 heteroatoms. The standard InChI is InChI=1S/C7H10Cl2Si/c8-10(9)6-5-7-3-1-2-4-7/h1-2,6-7H,3-5H2. The molecule has 0 nitrogen and oxygen atoms in total. The molecule has 0 fully saturated rings. The molecule has 0 aromatic rings. The number of rotatable bonds is 2. The predicted octanol–water partition coefficient (Wildman–Crippen LogP) is 2.69. The minimum atomic E-state index is -1.13. The van der Waals surface area contributed by atoms with Crippen LogP contribution in [0.5, 0.6) is 0 Å². The second-order valence-corrected chi connectivity index (χ2v) is 6.55. The molecule has 0 spiro atoms. The van der Waals surface area contributed by atoms with E-state index in [1.807, 2.05) is 0 Å². The van der Waals surface area contributed by atoms with Crippen molar-refractivity contribution in [2.75, 3.05) is 0 Å². The predicted molar refractivity (Wildman–Crippen MR) is 50.0 cm³/mol. The lowest BCUT2D eigenvalue weighted by Gasteiger charge is -2.02. The highest BCUT2D eigenvalue weighted by molar-refractivity contribution is 7.34. The van der Waals surface area contributed by atoms with Crippen LogP contribution in [0.4, 0.5) is 0 Å². The van der Waals surface area contributed by atoms with Gasteiger partial charge in [-0.3, -0.25) is 0 Å². The third-order valence-corrected chi connectivity index (χ3v) is 3.18. The molecule has 0 aliphatic heterocycles. The van der Waals surface area contributed by atoms with Crippen LogP contribution in [-0.4, -0.2) is 12.7 Å². The molecular weight excluding hydrogens is 183 g/mol. The van der Waals surface area contributed by atoms with E-state index in [1.165, 1.54) is 12.8 Å². The van der Waals surface area contributed by atoms with E-state index in [-0.39, 0.29) is 0 Å². The lowest BCUT2D eigenvalue weighted by Crippen LogP contribution is -1.97. The average Bonchev–Trinajstić information content (AvgIpc) is 2.34. The first-order valence-corrected chi connectivity index (χ1v) is 7.05. The molecule has 0 aromatic carbocycles. The summed E-state index contributed by atoms with van der Waals surface area (Å²) in [5.41, 5.74) is 2.06. The Morgan fingerprint density at radius 2 is 2.00 bits per heavy atom. The summed E-state index contributed by atoms with van der Waals surface area (Å²) in [7, 11) is -1.13. The van der Waals surface area contributed by atoms with E-state index >= 15 is 0 Å². The third-order valence-electron chi connectivity index (χ3n) is 1.71. The van der Waals surface area contributed by atoms with Crippen LogP contribution in [0.25, 0.3) is 0 Å². The Balaban J connectivity index is 2.21. The molecule has 0 radical (unpaired) electrons. The topological polar surface area (TPSA) is 0 Å². The monoisotopic (exact) mass is 192 g/mol. The van der Waals surface area contributed by atoms with E-state index in [0.717, 1.165) is 12.3 Å². The molecule has 0 saturated carbocycles. The summed E-state index contributed by atoms with van der Waals surface area (Å²) in [5.74, 6) is 0.789. The Kier molecular flexibility index (Phi) is 3.67. The average molecular weight is 193 g/mol. The van der Waals surface area contributed by atoms with Crippen molar-refractivity contribution in [2.24, 2.45) is 5.92 Å². The van der Waals surface area contributed by atoms with Gasteiger partial charge in [-0.05, 0) is 25.2 Å². The van der Waals surface area contributed by atoms with Crippen LogP contribution >= 0.6 is 22.2 Å².